The molecular formula is C19H20N2O3S. The van der Waals surface area contributed by atoms with Crippen LogP contribution in [0.15, 0.2) is 53.4 Å². The Balaban J connectivity index is 1.67. The van der Waals surface area contributed by atoms with Crippen LogP contribution in [0.4, 0.5) is 5.69 Å². The number of amides is 2. The second kappa shape index (κ2) is 7.19. The van der Waals surface area contributed by atoms with Gasteiger partial charge in [0.05, 0.1) is 12.3 Å². The van der Waals surface area contributed by atoms with E-state index in [1.54, 1.807) is 6.92 Å². The minimum absolute atomic E-state index is 0.305. The summed E-state index contributed by atoms with van der Waals surface area (Å²) in [5, 5.41) is 5.67. The summed E-state index contributed by atoms with van der Waals surface area (Å²) in [5.41, 5.74) is 1.69. The fraction of sp³-hybridized carbons (Fsp3) is 0.263. The number of ether oxygens (including phenoxy) is 1. The van der Waals surface area contributed by atoms with Crippen LogP contribution in [0.5, 0.6) is 5.75 Å². The second-order valence-electron chi connectivity index (χ2n) is 5.85. The largest absolute Gasteiger partial charge is 0.494 e. The lowest BCUT2D eigenvalue weighted by Gasteiger charge is -2.31. The number of nitrogens with one attached hydrogen (secondary N) is 2. The Hall–Kier alpha value is -2.47. The van der Waals surface area contributed by atoms with Crippen LogP contribution >= 0.6 is 11.8 Å². The van der Waals surface area contributed by atoms with Crippen molar-refractivity contribution in [1.29, 1.82) is 0 Å². The van der Waals surface area contributed by atoms with Gasteiger partial charge in [0, 0.05) is 11.4 Å². The maximum Gasteiger partial charge on any atom is 0.250 e. The lowest BCUT2D eigenvalue weighted by molar-refractivity contribution is -0.130. The summed E-state index contributed by atoms with van der Waals surface area (Å²) in [6.07, 6.45) is 0. The van der Waals surface area contributed by atoms with E-state index in [2.05, 4.69) is 10.6 Å². The van der Waals surface area contributed by atoms with E-state index in [0.717, 1.165) is 21.9 Å². The van der Waals surface area contributed by atoms with Gasteiger partial charge >= 0.3 is 0 Å². The fourth-order valence-corrected chi connectivity index (χ4v) is 3.66. The van der Waals surface area contributed by atoms with Gasteiger partial charge in [0.2, 0.25) is 11.8 Å². The van der Waals surface area contributed by atoms with Crippen molar-refractivity contribution >= 4 is 29.3 Å². The SMILES string of the molecule is CCOc1ccc(CNC(=O)C2(C)Sc3ccccc3NC2=O)cc1. The molecule has 6 heteroatoms. The van der Waals surface area contributed by atoms with Gasteiger partial charge in [0.25, 0.3) is 0 Å². The van der Waals surface area contributed by atoms with Gasteiger partial charge in [-0.3, -0.25) is 9.59 Å². The van der Waals surface area contributed by atoms with Crippen LogP contribution in [0.2, 0.25) is 0 Å². The van der Waals surface area contributed by atoms with Crippen molar-refractivity contribution in [3.8, 4) is 5.75 Å². The average molecular weight is 356 g/mol. The second-order valence-corrected chi connectivity index (χ2v) is 7.31. The molecule has 0 radical (unpaired) electrons. The van der Waals surface area contributed by atoms with E-state index in [9.17, 15) is 9.59 Å². The molecule has 0 fully saturated rings. The summed E-state index contributed by atoms with van der Waals surface area (Å²) in [7, 11) is 0. The number of carbonyl (C=O) groups is 2. The summed E-state index contributed by atoms with van der Waals surface area (Å²) >= 11 is 1.28. The minimum Gasteiger partial charge on any atom is -0.494 e. The van der Waals surface area contributed by atoms with Gasteiger partial charge < -0.3 is 15.4 Å². The zero-order chi connectivity index (χ0) is 17.9. The maximum atomic E-state index is 12.7. The number of carbonyl (C=O) groups excluding carboxylic acids is 2. The Bertz CT molecular complexity index is 792. The molecule has 1 heterocycles. The first-order chi connectivity index (χ1) is 12.0. The Kier molecular flexibility index (Phi) is 4.99. The molecule has 25 heavy (non-hydrogen) atoms. The van der Waals surface area contributed by atoms with Crippen molar-refractivity contribution in [3.63, 3.8) is 0 Å². The van der Waals surface area contributed by atoms with Crippen molar-refractivity contribution in [1.82, 2.24) is 5.32 Å². The standard InChI is InChI=1S/C19H20N2O3S/c1-3-24-14-10-8-13(9-11-14)12-20-17(22)19(2)18(23)21-15-6-4-5-7-16(15)25-19/h4-11H,3,12H2,1-2H3,(H,20,22)(H,21,23). The Morgan fingerprint density at radius 3 is 2.64 bits per heavy atom. The molecule has 5 nitrogen and oxygen atoms in total. The van der Waals surface area contributed by atoms with Crippen LogP contribution in [0, 0.1) is 0 Å². The molecule has 0 saturated heterocycles. The molecule has 0 spiro atoms. The summed E-state index contributed by atoms with van der Waals surface area (Å²) in [6.45, 7) is 4.55. The zero-order valence-electron chi connectivity index (χ0n) is 14.2. The first-order valence-corrected chi connectivity index (χ1v) is 8.94. The lowest BCUT2D eigenvalue weighted by Crippen LogP contribution is -2.51. The molecule has 2 aromatic carbocycles. The molecule has 0 aliphatic carbocycles. The van der Waals surface area contributed by atoms with Gasteiger partial charge in [-0.2, -0.15) is 0 Å². The summed E-state index contributed by atoms with van der Waals surface area (Å²) in [6, 6.07) is 15.0. The molecule has 1 unspecified atom stereocenters. The predicted octanol–water partition coefficient (Wildman–Crippen LogP) is 3.20. The van der Waals surface area contributed by atoms with E-state index in [-0.39, 0.29) is 11.8 Å². The summed E-state index contributed by atoms with van der Waals surface area (Å²) in [4.78, 5) is 26.0. The number of para-hydroxylation sites is 1. The van der Waals surface area contributed by atoms with E-state index in [0.29, 0.717) is 13.2 Å². The van der Waals surface area contributed by atoms with E-state index >= 15 is 0 Å². The van der Waals surface area contributed by atoms with Crippen molar-refractivity contribution in [2.75, 3.05) is 11.9 Å². The van der Waals surface area contributed by atoms with Crippen molar-refractivity contribution in [2.45, 2.75) is 30.0 Å². The first kappa shape index (κ1) is 17.4. The molecule has 0 aromatic heterocycles. The fourth-order valence-electron chi connectivity index (χ4n) is 2.54. The van der Waals surface area contributed by atoms with Gasteiger partial charge in [-0.25, -0.2) is 0 Å². The zero-order valence-corrected chi connectivity index (χ0v) is 15.0. The number of fused-ring (bicyclic) bond motifs is 1. The number of rotatable bonds is 5. The number of thioether (sulfide) groups is 1. The first-order valence-electron chi connectivity index (χ1n) is 8.12. The number of hydrogen-bond acceptors (Lipinski definition) is 4. The number of anilines is 1. The third kappa shape index (κ3) is 3.64. The molecule has 3 rings (SSSR count). The van der Waals surface area contributed by atoms with Gasteiger partial charge in [0.15, 0.2) is 4.75 Å². The highest BCUT2D eigenvalue weighted by Crippen LogP contribution is 2.42. The molecule has 1 atom stereocenters. The summed E-state index contributed by atoms with van der Waals surface area (Å²) in [5.74, 6) is 0.183. The average Bonchev–Trinajstić information content (AvgIpc) is 2.62. The molecule has 1 aliphatic heterocycles. The van der Waals surface area contributed by atoms with E-state index in [4.69, 9.17) is 4.74 Å². The Labute approximate surface area is 151 Å². The molecule has 2 N–H and O–H groups in total. The molecule has 0 bridgehead atoms. The normalized spacial score (nSPS) is 18.9. The van der Waals surface area contributed by atoms with Crippen molar-refractivity contribution < 1.29 is 14.3 Å². The summed E-state index contributed by atoms with van der Waals surface area (Å²) < 4.78 is 4.21. The van der Waals surface area contributed by atoms with Crippen LogP contribution in [-0.4, -0.2) is 23.2 Å². The van der Waals surface area contributed by atoms with Crippen LogP contribution in [-0.2, 0) is 16.1 Å². The van der Waals surface area contributed by atoms with E-state index < -0.39 is 4.75 Å². The lowest BCUT2D eigenvalue weighted by atomic mass is 10.1. The van der Waals surface area contributed by atoms with E-state index in [1.807, 2.05) is 55.5 Å². The minimum atomic E-state index is -1.19. The smallest absolute Gasteiger partial charge is 0.250 e. The number of benzene rings is 2. The van der Waals surface area contributed by atoms with Crippen LogP contribution < -0.4 is 15.4 Å². The maximum absolute atomic E-state index is 12.7. The monoisotopic (exact) mass is 356 g/mol. The number of hydrogen-bond donors (Lipinski definition) is 2. The van der Waals surface area contributed by atoms with Gasteiger partial charge in [-0.1, -0.05) is 36.0 Å². The van der Waals surface area contributed by atoms with Crippen molar-refractivity contribution in [2.24, 2.45) is 0 Å². The Morgan fingerprint density at radius 2 is 1.92 bits per heavy atom. The highest BCUT2D eigenvalue weighted by molar-refractivity contribution is 8.02. The Morgan fingerprint density at radius 1 is 1.20 bits per heavy atom. The highest BCUT2D eigenvalue weighted by Gasteiger charge is 2.45. The molecule has 1 aliphatic rings. The molecule has 0 saturated carbocycles. The molecule has 2 amide bonds. The van der Waals surface area contributed by atoms with Gasteiger partial charge in [0.1, 0.15) is 5.75 Å². The molecule has 2 aromatic rings. The topological polar surface area (TPSA) is 67.4 Å². The van der Waals surface area contributed by atoms with Crippen molar-refractivity contribution in [3.05, 3.63) is 54.1 Å². The van der Waals surface area contributed by atoms with Crippen LogP contribution in [0.1, 0.15) is 19.4 Å². The predicted molar refractivity (Wildman–Crippen MR) is 98.8 cm³/mol. The van der Waals surface area contributed by atoms with Gasteiger partial charge in [-0.05, 0) is 43.7 Å². The van der Waals surface area contributed by atoms with Gasteiger partial charge in [-0.15, -0.1) is 0 Å². The highest BCUT2D eigenvalue weighted by atomic mass is 32.2. The van der Waals surface area contributed by atoms with E-state index in [1.165, 1.54) is 11.8 Å². The molecule has 130 valence electrons. The van der Waals surface area contributed by atoms with Crippen LogP contribution in [0.3, 0.4) is 0 Å². The van der Waals surface area contributed by atoms with Crippen LogP contribution in [0.25, 0.3) is 0 Å². The molecular weight excluding hydrogens is 336 g/mol. The third-order valence-corrected chi connectivity index (χ3v) is 5.36. The quantitative estimate of drug-likeness (QED) is 0.808. The third-order valence-electron chi connectivity index (χ3n) is 4.00.